The van der Waals surface area contributed by atoms with E-state index in [1.165, 1.54) is 19.4 Å². The zero-order valence-corrected chi connectivity index (χ0v) is 12.2. The minimum atomic E-state index is -0.445. The summed E-state index contributed by atoms with van der Waals surface area (Å²) < 4.78 is 18.9. The molecule has 1 amide bonds. The molecule has 1 aliphatic heterocycles. The molecule has 0 atom stereocenters. The summed E-state index contributed by atoms with van der Waals surface area (Å²) in [4.78, 5) is 12.1. The van der Waals surface area contributed by atoms with Gasteiger partial charge in [0.25, 0.3) is 5.91 Å². The Morgan fingerprint density at radius 2 is 2.09 bits per heavy atom. The average molecular weight is 298 g/mol. The lowest BCUT2D eigenvalue weighted by atomic mass is 10.0. The number of carbonyl (C=O) groups is 1. The molecule has 0 fully saturated rings. The lowest BCUT2D eigenvalue weighted by Crippen LogP contribution is -2.05. The van der Waals surface area contributed by atoms with E-state index in [9.17, 15) is 9.18 Å². The molecule has 1 heterocycles. The smallest absolute Gasteiger partial charge is 0.257 e. The van der Waals surface area contributed by atoms with Gasteiger partial charge in [0.15, 0.2) is 0 Å². The first-order chi connectivity index (χ1) is 10.6. The highest BCUT2D eigenvalue weighted by atomic mass is 19.1. The van der Waals surface area contributed by atoms with E-state index in [0.29, 0.717) is 11.3 Å². The molecule has 3 rings (SSSR count). The van der Waals surface area contributed by atoms with E-state index in [2.05, 4.69) is 10.6 Å². The zero-order valence-electron chi connectivity index (χ0n) is 12.2. The number of carbonyl (C=O) groups excluding carboxylic acids is 1. The number of fused-ring (bicyclic) bond motifs is 1. The average Bonchev–Trinajstić information content (AvgIpc) is 2.83. The second-order valence-electron chi connectivity index (χ2n) is 5.00. The fourth-order valence-corrected chi connectivity index (χ4v) is 2.46. The van der Waals surface area contributed by atoms with Gasteiger partial charge in [-0.3, -0.25) is 4.79 Å². The minimum Gasteiger partial charge on any atom is -0.497 e. The third-order valence-corrected chi connectivity index (χ3v) is 3.58. The fourth-order valence-electron chi connectivity index (χ4n) is 2.46. The SMILES string of the molecule is COc1ccc(NC=C2C(=O)Nc3cccc(C)c32)c(F)c1. The van der Waals surface area contributed by atoms with Crippen LogP contribution in [0.3, 0.4) is 0 Å². The maximum atomic E-state index is 13.9. The number of hydrogen-bond acceptors (Lipinski definition) is 3. The molecule has 0 radical (unpaired) electrons. The van der Waals surface area contributed by atoms with Crippen LogP contribution in [0.15, 0.2) is 42.6 Å². The van der Waals surface area contributed by atoms with E-state index >= 15 is 0 Å². The maximum Gasteiger partial charge on any atom is 0.257 e. The summed E-state index contributed by atoms with van der Waals surface area (Å²) in [6, 6.07) is 10.2. The van der Waals surface area contributed by atoms with Crippen LogP contribution in [0.2, 0.25) is 0 Å². The highest BCUT2D eigenvalue weighted by molar-refractivity contribution is 6.32. The molecule has 5 heteroatoms. The van der Waals surface area contributed by atoms with Gasteiger partial charge in [-0.05, 0) is 30.7 Å². The van der Waals surface area contributed by atoms with E-state index in [0.717, 1.165) is 16.8 Å². The first-order valence-electron chi connectivity index (χ1n) is 6.81. The van der Waals surface area contributed by atoms with Crippen LogP contribution < -0.4 is 15.4 Å². The first kappa shape index (κ1) is 14.1. The Morgan fingerprint density at radius 3 is 2.82 bits per heavy atom. The molecule has 112 valence electrons. The highest BCUT2D eigenvalue weighted by Gasteiger charge is 2.25. The summed E-state index contributed by atoms with van der Waals surface area (Å²) in [5, 5.41) is 5.65. The van der Waals surface area contributed by atoms with Gasteiger partial charge >= 0.3 is 0 Å². The van der Waals surface area contributed by atoms with E-state index < -0.39 is 5.82 Å². The van der Waals surface area contributed by atoms with Crippen LogP contribution in [0.25, 0.3) is 5.57 Å². The van der Waals surface area contributed by atoms with Crippen molar-refractivity contribution in [3.05, 3.63) is 59.5 Å². The van der Waals surface area contributed by atoms with Gasteiger partial charge in [-0.1, -0.05) is 12.1 Å². The van der Waals surface area contributed by atoms with Crippen molar-refractivity contribution in [3.8, 4) is 5.75 Å². The summed E-state index contributed by atoms with van der Waals surface area (Å²) in [5.41, 5.74) is 3.37. The monoisotopic (exact) mass is 298 g/mol. The van der Waals surface area contributed by atoms with Crippen molar-refractivity contribution in [2.45, 2.75) is 6.92 Å². The second kappa shape index (κ2) is 5.52. The van der Waals surface area contributed by atoms with E-state index in [4.69, 9.17) is 4.74 Å². The van der Waals surface area contributed by atoms with Crippen molar-refractivity contribution >= 4 is 22.9 Å². The summed E-state index contributed by atoms with van der Waals surface area (Å²) in [7, 11) is 1.48. The Kier molecular flexibility index (Phi) is 3.55. The number of methoxy groups -OCH3 is 1. The third-order valence-electron chi connectivity index (χ3n) is 3.58. The number of nitrogens with one attached hydrogen (secondary N) is 2. The number of hydrogen-bond donors (Lipinski definition) is 2. The summed E-state index contributed by atoms with van der Waals surface area (Å²) in [6.45, 7) is 1.93. The molecule has 2 aromatic carbocycles. The third kappa shape index (κ3) is 2.41. The number of rotatable bonds is 3. The minimum absolute atomic E-state index is 0.203. The lowest BCUT2D eigenvalue weighted by molar-refractivity contribution is -0.110. The van der Waals surface area contributed by atoms with Crippen molar-refractivity contribution in [1.82, 2.24) is 0 Å². The van der Waals surface area contributed by atoms with Gasteiger partial charge in [-0.25, -0.2) is 4.39 Å². The number of halogens is 1. The van der Waals surface area contributed by atoms with Crippen LogP contribution in [-0.4, -0.2) is 13.0 Å². The number of aryl methyl sites for hydroxylation is 1. The molecular formula is C17H15FN2O2. The molecule has 0 saturated heterocycles. The Labute approximate surface area is 127 Å². The van der Waals surface area contributed by atoms with Crippen LogP contribution >= 0.6 is 0 Å². The predicted molar refractivity (Wildman–Crippen MR) is 84.4 cm³/mol. The zero-order chi connectivity index (χ0) is 15.7. The Morgan fingerprint density at radius 1 is 1.27 bits per heavy atom. The Balaban J connectivity index is 1.93. The van der Waals surface area contributed by atoms with Gasteiger partial charge in [-0.2, -0.15) is 0 Å². The van der Waals surface area contributed by atoms with Gasteiger partial charge in [0.05, 0.1) is 18.4 Å². The van der Waals surface area contributed by atoms with E-state index in [-0.39, 0.29) is 11.6 Å². The standard InChI is InChI=1S/C17H15FN2O2/c1-10-4-3-5-15-16(10)12(17(21)20-15)9-19-14-7-6-11(22-2)8-13(14)18/h3-9,19H,1-2H3,(H,20,21). The lowest BCUT2D eigenvalue weighted by Gasteiger charge is -2.07. The van der Waals surface area contributed by atoms with Crippen molar-refractivity contribution in [3.63, 3.8) is 0 Å². The molecule has 22 heavy (non-hydrogen) atoms. The van der Waals surface area contributed by atoms with Crippen molar-refractivity contribution in [1.29, 1.82) is 0 Å². The largest absolute Gasteiger partial charge is 0.497 e. The second-order valence-corrected chi connectivity index (χ2v) is 5.00. The van der Waals surface area contributed by atoms with Gasteiger partial charge in [0.2, 0.25) is 0 Å². The van der Waals surface area contributed by atoms with E-state index in [1.807, 2.05) is 25.1 Å². The van der Waals surface area contributed by atoms with Crippen LogP contribution in [-0.2, 0) is 4.79 Å². The summed E-state index contributed by atoms with van der Waals surface area (Å²) in [5.74, 6) is -0.208. The molecule has 0 saturated carbocycles. The topological polar surface area (TPSA) is 50.4 Å². The summed E-state index contributed by atoms with van der Waals surface area (Å²) >= 11 is 0. The molecule has 2 aromatic rings. The normalized spacial score (nSPS) is 14.7. The van der Waals surface area contributed by atoms with Gasteiger partial charge < -0.3 is 15.4 Å². The van der Waals surface area contributed by atoms with Gasteiger partial charge in [0.1, 0.15) is 11.6 Å². The summed E-state index contributed by atoms with van der Waals surface area (Å²) in [6.07, 6.45) is 1.53. The quantitative estimate of drug-likeness (QED) is 0.852. The number of benzene rings is 2. The first-order valence-corrected chi connectivity index (χ1v) is 6.81. The van der Waals surface area contributed by atoms with Gasteiger partial charge in [-0.15, -0.1) is 0 Å². The Hall–Kier alpha value is -2.82. The molecule has 0 aromatic heterocycles. The highest BCUT2D eigenvalue weighted by Crippen LogP contribution is 2.34. The van der Waals surface area contributed by atoms with Crippen LogP contribution in [0.4, 0.5) is 15.8 Å². The van der Waals surface area contributed by atoms with Crippen LogP contribution in [0.5, 0.6) is 5.75 Å². The molecule has 2 N–H and O–H groups in total. The molecular weight excluding hydrogens is 283 g/mol. The number of amides is 1. The molecule has 0 spiro atoms. The van der Waals surface area contributed by atoms with Crippen LogP contribution in [0.1, 0.15) is 11.1 Å². The molecule has 0 bridgehead atoms. The van der Waals surface area contributed by atoms with Crippen molar-refractivity contribution < 1.29 is 13.9 Å². The maximum absolute atomic E-state index is 13.9. The molecule has 4 nitrogen and oxygen atoms in total. The predicted octanol–water partition coefficient (Wildman–Crippen LogP) is 3.55. The number of ether oxygens (including phenoxy) is 1. The van der Waals surface area contributed by atoms with Crippen molar-refractivity contribution in [2.24, 2.45) is 0 Å². The van der Waals surface area contributed by atoms with E-state index in [1.54, 1.807) is 12.1 Å². The molecule has 1 aliphatic rings. The number of anilines is 2. The van der Waals surface area contributed by atoms with Crippen LogP contribution in [0, 0.1) is 12.7 Å². The molecule has 0 aliphatic carbocycles. The Bertz CT molecular complexity index is 784. The molecule has 0 unspecified atom stereocenters. The van der Waals surface area contributed by atoms with Crippen molar-refractivity contribution in [2.75, 3.05) is 17.7 Å². The van der Waals surface area contributed by atoms with Gasteiger partial charge in [0, 0.05) is 23.5 Å². The fraction of sp³-hybridized carbons (Fsp3) is 0.118.